The quantitative estimate of drug-likeness (QED) is 0.645. The van der Waals surface area contributed by atoms with Crippen LogP contribution < -0.4 is 0 Å². The number of furan rings is 1. The fourth-order valence-electron chi connectivity index (χ4n) is 1.50. The third-order valence-corrected chi connectivity index (χ3v) is 2.80. The normalized spacial score (nSPS) is 10.5. The first-order chi connectivity index (χ1) is 8.15. The Bertz CT molecular complexity index is 585. The minimum Gasteiger partial charge on any atom is -0.460 e. The van der Waals surface area contributed by atoms with Gasteiger partial charge in [-0.3, -0.25) is 4.79 Å². The Balaban J connectivity index is 2.53. The van der Waals surface area contributed by atoms with Crippen molar-refractivity contribution in [3.05, 3.63) is 34.0 Å². The number of carbonyl (C=O) groups excluding carboxylic acids is 2. The van der Waals surface area contributed by atoms with E-state index in [9.17, 15) is 9.59 Å². The van der Waals surface area contributed by atoms with Gasteiger partial charge in [0.2, 0.25) is 5.76 Å². The lowest BCUT2D eigenvalue weighted by molar-refractivity contribution is 0.0492. The molecule has 0 amide bonds. The molecule has 0 aliphatic rings. The van der Waals surface area contributed by atoms with Gasteiger partial charge in [-0.2, -0.15) is 0 Å². The molecule has 0 N–H and O–H groups in total. The number of carbonyl (C=O) groups is 2. The predicted molar refractivity (Wildman–Crippen MR) is 65.3 cm³/mol. The molecule has 1 aromatic heterocycles. The molecule has 2 aromatic rings. The van der Waals surface area contributed by atoms with Gasteiger partial charge in [-0.15, -0.1) is 0 Å². The number of benzene rings is 1. The molecule has 0 atom stereocenters. The molecule has 1 heterocycles. The molecule has 0 aliphatic heterocycles. The van der Waals surface area contributed by atoms with Crippen LogP contribution in [0, 0.1) is 0 Å². The Morgan fingerprint density at radius 2 is 2.24 bits per heavy atom. The van der Waals surface area contributed by atoms with Crippen molar-refractivity contribution in [1.29, 1.82) is 0 Å². The highest BCUT2D eigenvalue weighted by Gasteiger charge is 2.15. The second-order valence-electron chi connectivity index (χ2n) is 3.37. The number of halogens is 1. The molecule has 0 saturated carbocycles. The van der Waals surface area contributed by atoms with Gasteiger partial charge in [0.15, 0.2) is 0 Å². The number of rotatable bonds is 3. The zero-order valence-electron chi connectivity index (χ0n) is 9.03. The van der Waals surface area contributed by atoms with Crippen molar-refractivity contribution >= 4 is 39.2 Å². The molecule has 0 saturated heterocycles. The van der Waals surface area contributed by atoms with Crippen LogP contribution in [0.15, 0.2) is 27.1 Å². The lowest BCUT2D eigenvalue weighted by atomic mass is 10.2. The van der Waals surface area contributed by atoms with E-state index in [2.05, 4.69) is 15.9 Å². The Hall–Kier alpha value is -1.62. The van der Waals surface area contributed by atoms with Gasteiger partial charge in [-0.25, -0.2) is 4.79 Å². The topological polar surface area (TPSA) is 56.5 Å². The van der Waals surface area contributed by atoms with Crippen molar-refractivity contribution in [2.24, 2.45) is 0 Å². The molecule has 1 aromatic carbocycles. The summed E-state index contributed by atoms with van der Waals surface area (Å²) in [5.41, 5.74) is 1.04. The summed E-state index contributed by atoms with van der Waals surface area (Å²) in [4.78, 5) is 22.2. The van der Waals surface area contributed by atoms with Gasteiger partial charge in [0, 0.05) is 10.9 Å². The third kappa shape index (κ3) is 2.24. The highest BCUT2D eigenvalue weighted by molar-refractivity contribution is 9.10. The maximum atomic E-state index is 11.5. The molecular weight excluding hydrogens is 288 g/mol. The van der Waals surface area contributed by atoms with Gasteiger partial charge < -0.3 is 9.15 Å². The Kier molecular flexibility index (Phi) is 3.28. The van der Waals surface area contributed by atoms with Gasteiger partial charge in [0.1, 0.15) is 11.9 Å². The van der Waals surface area contributed by atoms with Gasteiger partial charge in [0.05, 0.1) is 11.1 Å². The van der Waals surface area contributed by atoms with Crippen molar-refractivity contribution in [3.63, 3.8) is 0 Å². The fraction of sp³-hybridized carbons (Fsp3) is 0.167. The molecule has 0 radical (unpaired) electrons. The number of fused-ring (bicyclic) bond motifs is 1. The molecule has 88 valence electrons. The summed E-state index contributed by atoms with van der Waals surface area (Å²) < 4.78 is 10.8. The average molecular weight is 297 g/mol. The van der Waals surface area contributed by atoms with Crippen molar-refractivity contribution in [1.82, 2.24) is 0 Å². The van der Waals surface area contributed by atoms with E-state index in [0.717, 1.165) is 6.29 Å². The van der Waals surface area contributed by atoms with E-state index in [-0.39, 0.29) is 12.4 Å². The monoisotopic (exact) mass is 296 g/mol. The Labute approximate surface area is 106 Å². The summed E-state index contributed by atoms with van der Waals surface area (Å²) in [6, 6.07) is 4.85. The molecule has 0 fully saturated rings. The summed E-state index contributed by atoms with van der Waals surface area (Å²) in [7, 11) is 0. The van der Waals surface area contributed by atoms with Gasteiger partial charge >= 0.3 is 5.97 Å². The van der Waals surface area contributed by atoms with Crippen molar-refractivity contribution in [3.8, 4) is 0 Å². The van der Waals surface area contributed by atoms with E-state index in [1.54, 1.807) is 25.1 Å². The van der Waals surface area contributed by atoms with Crippen LogP contribution in [0.4, 0.5) is 0 Å². The van der Waals surface area contributed by atoms with Crippen molar-refractivity contribution in [2.75, 3.05) is 6.61 Å². The molecule has 0 spiro atoms. The van der Waals surface area contributed by atoms with E-state index in [1.165, 1.54) is 0 Å². The maximum absolute atomic E-state index is 11.5. The first-order valence-corrected chi connectivity index (χ1v) is 5.80. The molecular formula is C12H9BrO4. The van der Waals surface area contributed by atoms with E-state index in [0.29, 0.717) is 21.0 Å². The molecule has 4 nitrogen and oxygen atoms in total. The zero-order valence-corrected chi connectivity index (χ0v) is 10.6. The maximum Gasteiger partial charge on any atom is 0.374 e. The second kappa shape index (κ2) is 4.71. The van der Waals surface area contributed by atoms with E-state index < -0.39 is 5.97 Å². The van der Waals surface area contributed by atoms with Gasteiger partial charge in [0.25, 0.3) is 0 Å². The minimum atomic E-state index is -0.511. The van der Waals surface area contributed by atoms with Crippen LogP contribution in [0.3, 0.4) is 0 Å². The van der Waals surface area contributed by atoms with Gasteiger partial charge in [-0.1, -0.05) is 0 Å². The molecule has 0 unspecified atom stereocenters. The summed E-state index contributed by atoms with van der Waals surface area (Å²) in [6.07, 6.45) is 0.737. The lowest BCUT2D eigenvalue weighted by Gasteiger charge is -1.96. The van der Waals surface area contributed by atoms with Crippen molar-refractivity contribution < 1.29 is 18.7 Å². The summed E-state index contributed by atoms with van der Waals surface area (Å²) in [6.45, 7) is 2.01. The zero-order chi connectivity index (χ0) is 12.4. The number of aldehydes is 1. The smallest absolute Gasteiger partial charge is 0.374 e. The second-order valence-corrected chi connectivity index (χ2v) is 4.22. The first kappa shape index (κ1) is 11.9. The highest BCUT2D eigenvalue weighted by atomic mass is 79.9. The van der Waals surface area contributed by atoms with Crippen LogP contribution in [-0.4, -0.2) is 18.9 Å². The first-order valence-electron chi connectivity index (χ1n) is 5.01. The van der Waals surface area contributed by atoms with E-state index >= 15 is 0 Å². The van der Waals surface area contributed by atoms with E-state index in [1.807, 2.05) is 0 Å². The highest BCUT2D eigenvalue weighted by Crippen LogP contribution is 2.28. The lowest BCUT2D eigenvalue weighted by Crippen LogP contribution is -2.02. The molecule has 0 aliphatic carbocycles. The van der Waals surface area contributed by atoms with Crippen LogP contribution in [0.25, 0.3) is 11.0 Å². The van der Waals surface area contributed by atoms with Crippen LogP contribution >= 0.6 is 15.9 Å². The standard InChI is InChI=1S/C12H9BrO4/c1-2-16-12(15)10-5-8-3-7(6-14)4-9(13)11(8)17-10/h3-6H,2H2,1H3. The van der Waals surface area contributed by atoms with E-state index in [4.69, 9.17) is 9.15 Å². The number of hydrogen-bond acceptors (Lipinski definition) is 4. The SMILES string of the molecule is CCOC(=O)c1cc2cc(C=O)cc(Br)c2o1. The molecule has 2 rings (SSSR count). The summed E-state index contributed by atoms with van der Waals surface area (Å²) in [5, 5.41) is 0.685. The number of hydrogen-bond donors (Lipinski definition) is 0. The van der Waals surface area contributed by atoms with Crippen molar-refractivity contribution in [2.45, 2.75) is 6.92 Å². The number of esters is 1. The largest absolute Gasteiger partial charge is 0.460 e. The fourth-order valence-corrected chi connectivity index (χ4v) is 2.08. The molecule has 0 bridgehead atoms. The molecule has 5 heteroatoms. The molecule has 17 heavy (non-hydrogen) atoms. The van der Waals surface area contributed by atoms with Crippen LogP contribution in [0.5, 0.6) is 0 Å². The van der Waals surface area contributed by atoms with Crippen LogP contribution in [0.2, 0.25) is 0 Å². The minimum absolute atomic E-state index is 0.130. The Morgan fingerprint density at radius 1 is 1.47 bits per heavy atom. The van der Waals surface area contributed by atoms with Crippen LogP contribution in [0.1, 0.15) is 27.8 Å². The summed E-state index contributed by atoms with van der Waals surface area (Å²) >= 11 is 3.29. The average Bonchev–Trinajstić information content (AvgIpc) is 2.73. The van der Waals surface area contributed by atoms with Crippen LogP contribution in [-0.2, 0) is 4.74 Å². The van der Waals surface area contributed by atoms with Gasteiger partial charge in [-0.05, 0) is 41.1 Å². The summed E-state index contributed by atoms with van der Waals surface area (Å²) in [5.74, 6) is -0.381. The third-order valence-electron chi connectivity index (χ3n) is 2.21. The number of ether oxygens (including phenoxy) is 1. The predicted octanol–water partition coefficient (Wildman–Crippen LogP) is 3.18. The Morgan fingerprint density at radius 3 is 2.88 bits per heavy atom.